The lowest BCUT2D eigenvalue weighted by molar-refractivity contribution is 0.562. The summed E-state index contributed by atoms with van der Waals surface area (Å²) >= 11 is -1.12. The minimum absolute atomic E-state index is 0.118. The summed E-state index contributed by atoms with van der Waals surface area (Å²) in [6, 6.07) is 13.5. The SMILES string of the molecule is O=S1(=O)CCCc2ccc(C3CCc4ccccc4[S+]3[O-])cc21. The number of hydrogen-bond acceptors (Lipinski definition) is 3. The van der Waals surface area contributed by atoms with E-state index in [4.69, 9.17) is 0 Å². The molecule has 0 radical (unpaired) electrons. The molecule has 0 fully saturated rings. The Morgan fingerprint density at radius 3 is 2.74 bits per heavy atom. The van der Waals surface area contributed by atoms with Crippen molar-refractivity contribution in [2.75, 3.05) is 5.75 Å². The Kier molecular flexibility index (Phi) is 3.75. The van der Waals surface area contributed by atoms with E-state index in [0.29, 0.717) is 11.3 Å². The van der Waals surface area contributed by atoms with Crippen LogP contribution in [0.1, 0.15) is 34.8 Å². The lowest BCUT2D eigenvalue weighted by Crippen LogP contribution is -2.22. The van der Waals surface area contributed by atoms with E-state index in [-0.39, 0.29) is 11.0 Å². The molecule has 0 amide bonds. The van der Waals surface area contributed by atoms with Crippen LogP contribution in [0.25, 0.3) is 0 Å². The fraction of sp³-hybridized carbons (Fsp3) is 0.333. The van der Waals surface area contributed by atoms with E-state index >= 15 is 0 Å². The van der Waals surface area contributed by atoms with Crippen molar-refractivity contribution in [1.29, 1.82) is 0 Å². The van der Waals surface area contributed by atoms with E-state index in [1.54, 1.807) is 6.07 Å². The summed E-state index contributed by atoms with van der Waals surface area (Å²) in [5.74, 6) is 0.222. The van der Waals surface area contributed by atoms with Gasteiger partial charge < -0.3 is 4.55 Å². The maximum atomic E-state index is 12.9. The summed E-state index contributed by atoms with van der Waals surface area (Å²) in [5.41, 5.74) is 2.94. The minimum Gasteiger partial charge on any atom is -0.611 e. The molecule has 0 aliphatic carbocycles. The van der Waals surface area contributed by atoms with Gasteiger partial charge >= 0.3 is 0 Å². The Morgan fingerprint density at radius 1 is 1.04 bits per heavy atom. The summed E-state index contributed by atoms with van der Waals surface area (Å²) in [6.07, 6.45) is 3.18. The lowest BCUT2D eigenvalue weighted by Gasteiger charge is -2.28. The predicted molar refractivity (Wildman–Crippen MR) is 90.7 cm³/mol. The van der Waals surface area contributed by atoms with Gasteiger partial charge in [-0.2, -0.15) is 0 Å². The van der Waals surface area contributed by atoms with Crippen LogP contribution in [0, 0.1) is 0 Å². The highest BCUT2D eigenvalue weighted by molar-refractivity contribution is 7.92. The van der Waals surface area contributed by atoms with Gasteiger partial charge in [-0.1, -0.05) is 30.3 Å². The number of rotatable bonds is 1. The largest absolute Gasteiger partial charge is 0.611 e. The van der Waals surface area contributed by atoms with Gasteiger partial charge in [0.15, 0.2) is 14.7 Å². The lowest BCUT2D eigenvalue weighted by atomic mass is 10.0. The van der Waals surface area contributed by atoms with Gasteiger partial charge in [-0.25, -0.2) is 8.42 Å². The van der Waals surface area contributed by atoms with E-state index in [9.17, 15) is 13.0 Å². The first-order chi connectivity index (χ1) is 11.1. The summed E-state index contributed by atoms with van der Waals surface area (Å²) in [7, 11) is -3.18. The van der Waals surface area contributed by atoms with Gasteiger partial charge in [0.05, 0.1) is 10.6 Å². The highest BCUT2D eigenvalue weighted by Gasteiger charge is 2.34. The fourth-order valence-electron chi connectivity index (χ4n) is 3.57. The zero-order valence-electron chi connectivity index (χ0n) is 12.7. The zero-order chi connectivity index (χ0) is 16.0. The van der Waals surface area contributed by atoms with Crippen molar-refractivity contribution in [3.05, 3.63) is 59.2 Å². The van der Waals surface area contributed by atoms with Crippen molar-refractivity contribution in [2.45, 2.75) is 40.7 Å². The molecule has 0 saturated heterocycles. The molecule has 2 aromatic rings. The third kappa shape index (κ3) is 2.61. The molecule has 0 bridgehead atoms. The molecule has 2 unspecified atom stereocenters. The van der Waals surface area contributed by atoms with E-state index in [1.807, 2.05) is 36.4 Å². The summed E-state index contributed by atoms with van der Waals surface area (Å²) < 4.78 is 37.5. The Bertz CT molecular complexity index is 858. The van der Waals surface area contributed by atoms with Crippen LogP contribution in [0.15, 0.2) is 52.3 Å². The summed E-state index contributed by atoms with van der Waals surface area (Å²) in [6.45, 7) is 0. The van der Waals surface area contributed by atoms with Crippen LogP contribution in [0.3, 0.4) is 0 Å². The average molecular weight is 346 g/mol. The molecule has 2 heterocycles. The van der Waals surface area contributed by atoms with Gasteiger partial charge in [-0.15, -0.1) is 0 Å². The number of benzene rings is 2. The van der Waals surface area contributed by atoms with Crippen molar-refractivity contribution in [3.8, 4) is 0 Å². The Labute approximate surface area is 139 Å². The number of sulfone groups is 1. The van der Waals surface area contributed by atoms with E-state index in [2.05, 4.69) is 0 Å². The number of hydrogen-bond donors (Lipinski definition) is 0. The second-order valence-corrected chi connectivity index (χ2v) is 9.90. The van der Waals surface area contributed by atoms with Crippen LogP contribution in [0.5, 0.6) is 0 Å². The molecular weight excluding hydrogens is 328 g/mol. The third-order valence-electron chi connectivity index (χ3n) is 4.78. The van der Waals surface area contributed by atoms with E-state index in [0.717, 1.165) is 40.8 Å². The molecular formula is C18H18O3S2. The van der Waals surface area contributed by atoms with Gasteiger partial charge in [0, 0.05) is 17.5 Å². The van der Waals surface area contributed by atoms with Gasteiger partial charge in [-0.3, -0.25) is 0 Å². The van der Waals surface area contributed by atoms with E-state index < -0.39 is 21.0 Å². The molecule has 0 saturated carbocycles. The van der Waals surface area contributed by atoms with Crippen molar-refractivity contribution in [1.82, 2.24) is 0 Å². The summed E-state index contributed by atoms with van der Waals surface area (Å²) in [5, 5.41) is -0.118. The normalized spacial score (nSPS) is 25.4. The molecule has 3 nitrogen and oxygen atoms in total. The zero-order valence-corrected chi connectivity index (χ0v) is 14.3. The highest BCUT2D eigenvalue weighted by Crippen LogP contribution is 2.40. The van der Waals surface area contributed by atoms with Gasteiger partial charge in [0.25, 0.3) is 0 Å². The molecule has 23 heavy (non-hydrogen) atoms. The molecule has 2 aliphatic heterocycles. The van der Waals surface area contributed by atoms with Crippen molar-refractivity contribution < 1.29 is 13.0 Å². The molecule has 2 atom stereocenters. The molecule has 2 aliphatic rings. The topological polar surface area (TPSA) is 57.2 Å². The molecule has 4 rings (SSSR count). The Balaban J connectivity index is 1.75. The first-order valence-electron chi connectivity index (χ1n) is 7.90. The second-order valence-electron chi connectivity index (χ2n) is 6.22. The first kappa shape index (κ1) is 15.2. The molecule has 2 aromatic carbocycles. The quantitative estimate of drug-likeness (QED) is 0.745. The van der Waals surface area contributed by atoms with Crippen molar-refractivity contribution in [3.63, 3.8) is 0 Å². The van der Waals surface area contributed by atoms with Crippen LogP contribution in [0.2, 0.25) is 0 Å². The molecule has 0 aromatic heterocycles. The summed E-state index contributed by atoms with van der Waals surface area (Å²) in [4.78, 5) is 1.35. The van der Waals surface area contributed by atoms with Gasteiger partial charge in [0.2, 0.25) is 0 Å². The molecule has 0 N–H and O–H groups in total. The predicted octanol–water partition coefficient (Wildman–Crippen LogP) is 3.20. The number of aryl methyl sites for hydroxylation is 2. The monoisotopic (exact) mass is 346 g/mol. The van der Waals surface area contributed by atoms with Crippen LogP contribution in [0.4, 0.5) is 0 Å². The number of fused-ring (bicyclic) bond motifs is 2. The standard InChI is InChI=1S/C18H18O3S2/c19-22-16-6-2-1-4-13(16)9-10-17(22)15-8-7-14-5-3-11-23(20,21)18(14)12-15/h1-2,4,6-8,12,17H,3,5,9-11H2. The van der Waals surface area contributed by atoms with Crippen molar-refractivity contribution in [2.24, 2.45) is 0 Å². The molecule has 120 valence electrons. The Morgan fingerprint density at radius 2 is 1.87 bits per heavy atom. The van der Waals surface area contributed by atoms with Gasteiger partial charge in [0.1, 0.15) is 5.25 Å². The molecule has 0 spiro atoms. The molecule has 5 heteroatoms. The van der Waals surface area contributed by atoms with Crippen molar-refractivity contribution >= 4 is 21.0 Å². The third-order valence-corrected chi connectivity index (χ3v) is 8.51. The van der Waals surface area contributed by atoms with Gasteiger partial charge in [-0.05, 0) is 48.1 Å². The second kappa shape index (κ2) is 5.65. The van der Waals surface area contributed by atoms with Crippen LogP contribution in [-0.4, -0.2) is 18.7 Å². The van der Waals surface area contributed by atoms with Crippen LogP contribution >= 0.6 is 0 Å². The smallest absolute Gasteiger partial charge is 0.178 e. The first-order valence-corrected chi connectivity index (χ1v) is 10.8. The van der Waals surface area contributed by atoms with Crippen LogP contribution in [-0.2, 0) is 33.9 Å². The van der Waals surface area contributed by atoms with E-state index in [1.165, 1.54) is 0 Å². The highest BCUT2D eigenvalue weighted by atomic mass is 32.2. The average Bonchev–Trinajstić information content (AvgIpc) is 2.55. The maximum absolute atomic E-state index is 12.9. The minimum atomic E-state index is -3.18. The van der Waals surface area contributed by atoms with Crippen LogP contribution < -0.4 is 0 Å². The Hall–Kier alpha value is -1.30. The fourth-order valence-corrected chi connectivity index (χ4v) is 6.88. The maximum Gasteiger partial charge on any atom is 0.178 e.